The Bertz CT molecular complexity index is 1130. The van der Waals surface area contributed by atoms with E-state index in [1.807, 2.05) is 0 Å². The molecule has 3 amide bonds. The Kier molecular flexibility index (Phi) is 7.32. The highest BCUT2D eigenvalue weighted by molar-refractivity contribution is 6.36. The van der Waals surface area contributed by atoms with Crippen LogP contribution in [0.1, 0.15) is 37.5 Å². The highest BCUT2D eigenvalue weighted by Gasteiger charge is 2.40. The molecule has 2 aromatic rings. The van der Waals surface area contributed by atoms with E-state index < -0.39 is 35.7 Å². The van der Waals surface area contributed by atoms with E-state index in [0.29, 0.717) is 5.02 Å². The van der Waals surface area contributed by atoms with Crippen molar-refractivity contribution in [2.75, 3.05) is 19.1 Å². The molecule has 2 N–H and O–H groups in total. The van der Waals surface area contributed by atoms with Crippen LogP contribution in [0.2, 0.25) is 10.0 Å². The summed E-state index contributed by atoms with van der Waals surface area (Å²) < 4.78 is 9.33. The van der Waals surface area contributed by atoms with Gasteiger partial charge in [0.2, 0.25) is 5.91 Å². The number of rotatable bonds is 6. The van der Waals surface area contributed by atoms with Crippen LogP contribution in [0.3, 0.4) is 0 Å². The topological polar surface area (TPSA) is 131 Å². The number of hydrazine groups is 1. The number of hydrogen-bond acceptors (Lipinski definition) is 8. The number of benzene rings is 2. The standard InChI is InChI=1S/C21H17Cl2N3O7/c1-32-20(30)10-5-11(21(31)33-2)7-13(6-10)26-17(27)9-16(19(26)29)24-25-18(28)14-4-3-12(22)8-15(14)23/h3-8,16,24H,9H2,1-2H3,(H,25,28)/t16-/m0/s1. The molecule has 3 rings (SSSR count). The lowest BCUT2D eigenvalue weighted by Gasteiger charge is -2.17. The maximum atomic E-state index is 12.9. The minimum atomic E-state index is -1.10. The zero-order valence-corrected chi connectivity index (χ0v) is 18.8. The zero-order valence-electron chi connectivity index (χ0n) is 17.3. The minimum absolute atomic E-state index is 0.0235. The average molecular weight is 494 g/mol. The Labute approximate surface area is 197 Å². The molecule has 1 saturated heterocycles. The van der Waals surface area contributed by atoms with Crippen LogP contribution in [0.15, 0.2) is 36.4 Å². The Balaban J connectivity index is 1.81. The summed E-state index contributed by atoms with van der Waals surface area (Å²) >= 11 is 11.8. The molecule has 2 aromatic carbocycles. The van der Waals surface area contributed by atoms with Crippen LogP contribution < -0.4 is 15.8 Å². The summed E-state index contributed by atoms with van der Waals surface area (Å²) in [5.41, 5.74) is 4.82. The van der Waals surface area contributed by atoms with Crippen LogP contribution in [0, 0.1) is 0 Å². The van der Waals surface area contributed by atoms with Crippen LogP contribution in [-0.2, 0) is 19.1 Å². The highest BCUT2D eigenvalue weighted by Crippen LogP contribution is 2.26. The Morgan fingerprint density at radius 1 is 0.970 bits per heavy atom. The first kappa shape index (κ1) is 24.2. The van der Waals surface area contributed by atoms with Crippen LogP contribution in [0.4, 0.5) is 5.69 Å². The number of amides is 3. The van der Waals surface area contributed by atoms with Gasteiger partial charge < -0.3 is 9.47 Å². The van der Waals surface area contributed by atoms with E-state index in [1.165, 1.54) is 36.4 Å². The zero-order chi connectivity index (χ0) is 24.3. The molecule has 0 aromatic heterocycles. The van der Waals surface area contributed by atoms with Gasteiger partial charge in [-0.3, -0.25) is 19.8 Å². The number of esters is 2. The number of carbonyl (C=O) groups is 5. The molecule has 0 aliphatic carbocycles. The normalized spacial score (nSPS) is 15.4. The van der Waals surface area contributed by atoms with Crippen molar-refractivity contribution in [1.82, 2.24) is 10.9 Å². The maximum absolute atomic E-state index is 12.9. The summed E-state index contributed by atoms with van der Waals surface area (Å²) in [7, 11) is 2.29. The van der Waals surface area contributed by atoms with Crippen LogP contribution >= 0.6 is 23.2 Å². The van der Waals surface area contributed by atoms with Gasteiger partial charge in [0.1, 0.15) is 6.04 Å². The first-order valence-corrected chi connectivity index (χ1v) is 10.1. The number of nitrogens with zero attached hydrogens (tertiary/aromatic N) is 1. The fraction of sp³-hybridized carbons (Fsp3) is 0.190. The largest absolute Gasteiger partial charge is 0.465 e. The Hall–Kier alpha value is -3.47. The number of methoxy groups -OCH3 is 2. The van der Waals surface area contributed by atoms with Crippen molar-refractivity contribution in [2.45, 2.75) is 12.5 Å². The van der Waals surface area contributed by atoms with Gasteiger partial charge in [-0.15, -0.1) is 0 Å². The third-order valence-corrected chi connectivity index (χ3v) is 5.25. The van der Waals surface area contributed by atoms with E-state index in [2.05, 4.69) is 20.3 Å². The number of anilines is 1. The first-order chi connectivity index (χ1) is 15.7. The predicted octanol–water partition coefficient (Wildman–Crippen LogP) is 2.13. The van der Waals surface area contributed by atoms with E-state index >= 15 is 0 Å². The lowest BCUT2D eigenvalue weighted by molar-refractivity contribution is -0.121. The van der Waals surface area contributed by atoms with Gasteiger partial charge >= 0.3 is 11.9 Å². The van der Waals surface area contributed by atoms with Crippen LogP contribution in [-0.4, -0.2) is 49.9 Å². The third-order valence-electron chi connectivity index (χ3n) is 4.70. The van der Waals surface area contributed by atoms with E-state index in [1.54, 1.807) is 0 Å². The number of nitrogens with one attached hydrogen (secondary N) is 2. The summed E-state index contributed by atoms with van der Waals surface area (Å²) in [6, 6.07) is 6.86. The van der Waals surface area contributed by atoms with E-state index in [4.69, 9.17) is 23.2 Å². The second-order valence-electron chi connectivity index (χ2n) is 6.80. The van der Waals surface area contributed by atoms with Gasteiger partial charge in [-0.05, 0) is 36.4 Å². The smallest absolute Gasteiger partial charge is 0.337 e. The lowest BCUT2D eigenvalue weighted by Crippen LogP contribution is -2.48. The van der Waals surface area contributed by atoms with Gasteiger partial charge in [-0.1, -0.05) is 23.2 Å². The molecule has 0 saturated carbocycles. The Morgan fingerprint density at radius 2 is 1.58 bits per heavy atom. The van der Waals surface area contributed by atoms with Gasteiger partial charge in [0.25, 0.3) is 11.8 Å². The molecular formula is C21H17Cl2N3O7. The van der Waals surface area contributed by atoms with Crippen LogP contribution in [0.25, 0.3) is 0 Å². The monoisotopic (exact) mass is 493 g/mol. The van der Waals surface area contributed by atoms with Gasteiger partial charge in [0.15, 0.2) is 0 Å². The molecule has 172 valence electrons. The fourth-order valence-corrected chi connectivity index (χ4v) is 3.62. The fourth-order valence-electron chi connectivity index (χ4n) is 3.12. The number of ether oxygens (including phenoxy) is 2. The maximum Gasteiger partial charge on any atom is 0.337 e. The molecule has 0 unspecified atom stereocenters. The second kappa shape index (κ2) is 9.99. The molecular weight excluding hydrogens is 477 g/mol. The summed E-state index contributed by atoms with van der Waals surface area (Å²) in [6.45, 7) is 0. The van der Waals surface area contributed by atoms with Gasteiger partial charge in [-0.2, -0.15) is 0 Å². The number of imide groups is 1. The third kappa shape index (κ3) is 5.14. The van der Waals surface area contributed by atoms with Gasteiger partial charge in [0.05, 0.1) is 48.0 Å². The molecule has 1 atom stereocenters. The summed E-state index contributed by atoms with van der Waals surface area (Å²) in [5.74, 6) is -3.52. The van der Waals surface area contributed by atoms with Crippen molar-refractivity contribution < 1.29 is 33.4 Å². The van der Waals surface area contributed by atoms with Gasteiger partial charge in [0, 0.05) is 5.02 Å². The van der Waals surface area contributed by atoms with Crippen LogP contribution in [0.5, 0.6) is 0 Å². The molecule has 0 bridgehead atoms. The second-order valence-corrected chi connectivity index (χ2v) is 7.64. The van der Waals surface area contributed by atoms with Gasteiger partial charge in [-0.25, -0.2) is 19.9 Å². The van der Waals surface area contributed by atoms with E-state index in [9.17, 15) is 24.0 Å². The number of hydrogen-bond donors (Lipinski definition) is 2. The number of halogens is 2. The van der Waals surface area contributed by atoms with E-state index in [0.717, 1.165) is 19.1 Å². The molecule has 0 radical (unpaired) electrons. The molecule has 1 aliphatic heterocycles. The predicted molar refractivity (Wildman–Crippen MR) is 117 cm³/mol. The van der Waals surface area contributed by atoms with Crippen molar-refractivity contribution in [3.63, 3.8) is 0 Å². The van der Waals surface area contributed by atoms with Crippen molar-refractivity contribution in [3.8, 4) is 0 Å². The summed E-state index contributed by atoms with van der Waals surface area (Å²) in [5, 5.41) is 0.449. The summed E-state index contributed by atoms with van der Waals surface area (Å²) in [4.78, 5) is 62.6. The quantitative estimate of drug-likeness (QED) is 0.355. The minimum Gasteiger partial charge on any atom is -0.465 e. The Morgan fingerprint density at radius 3 is 2.12 bits per heavy atom. The van der Waals surface area contributed by atoms with E-state index in [-0.39, 0.29) is 33.8 Å². The molecule has 33 heavy (non-hydrogen) atoms. The summed E-state index contributed by atoms with van der Waals surface area (Å²) in [6.07, 6.45) is -0.288. The van der Waals surface area contributed by atoms with Crippen molar-refractivity contribution in [2.24, 2.45) is 0 Å². The molecule has 1 fully saturated rings. The first-order valence-electron chi connectivity index (χ1n) is 9.35. The molecule has 1 aliphatic rings. The lowest BCUT2D eigenvalue weighted by atomic mass is 10.1. The number of carbonyl (C=O) groups excluding carboxylic acids is 5. The van der Waals surface area contributed by atoms with Crippen molar-refractivity contribution >= 4 is 58.5 Å². The van der Waals surface area contributed by atoms with Crippen molar-refractivity contribution in [3.05, 3.63) is 63.1 Å². The molecule has 12 heteroatoms. The molecule has 10 nitrogen and oxygen atoms in total. The molecule has 1 heterocycles. The SMILES string of the molecule is COC(=O)c1cc(C(=O)OC)cc(N2C(=O)C[C@H](NNC(=O)c3ccc(Cl)cc3Cl)C2=O)c1. The highest BCUT2D eigenvalue weighted by atomic mass is 35.5. The molecule has 0 spiro atoms. The average Bonchev–Trinajstić information content (AvgIpc) is 3.08. The van der Waals surface area contributed by atoms with Crippen molar-refractivity contribution in [1.29, 1.82) is 0 Å².